The molecule has 4 N–H and O–H groups in total. The van der Waals surface area contributed by atoms with Gasteiger partial charge in [0.05, 0.1) is 24.7 Å². The molecule has 1 aromatic rings. The molecule has 1 rings (SSSR count). The second-order valence-corrected chi connectivity index (χ2v) is 3.28. The number of amides is 1. The number of hydrogen-bond donors (Lipinski definition) is 3. The number of nitrogens with zero attached hydrogens (tertiary/aromatic N) is 2. The number of carbonyl (C=O) groups excluding carboxylic acids is 1. The number of aromatic nitrogens is 2. The third kappa shape index (κ3) is 3.34. The van der Waals surface area contributed by atoms with E-state index in [1.165, 1.54) is 6.92 Å². The average Bonchev–Trinajstić information content (AvgIpc) is 2.64. The zero-order valence-electron chi connectivity index (χ0n) is 8.68. The van der Waals surface area contributed by atoms with Gasteiger partial charge < -0.3 is 20.7 Å². The van der Waals surface area contributed by atoms with Crippen molar-refractivity contribution in [1.82, 2.24) is 14.9 Å². The first-order chi connectivity index (χ1) is 7.15. The fourth-order valence-electron chi connectivity index (χ4n) is 1.27. The SMILES string of the molecule is CC(=O)NCCn1cncc1C(N)CO. The van der Waals surface area contributed by atoms with Crippen LogP contribution in [0.4, 0.5) is 0 Å². The molecule has 0 spiro atoms. The Labute approximate surface area is 88.1 Å². The maximum Gasteiger partial charge on any atom is 0.216 e. The molecule has 0 radical (unpaired) electrons. The molecule has 0 saturated carbocycles. The van der Waals surface area contributed by atoms with Gasteiger partial charge in [-0.15, -0.1) is 0 Å². The van der Waals surface area contributed by atoms with Gasteiger partial charge in [-0.2, -0.15) is 0 Å². The average molecular weight is 212 g/mol. The Balaban J connectivity index is 2.53. The van der Waals surface area contributed by atoms with Crippen molar-refractivity contribution in [3.05, 3.63) is 18.2 Å². The van der Waals surface area contributed by atoms with Crippen LogP contribution in [0.2, 0.25) is 0 Å². The molecule has 1 heterocycles. The number of nitrogens with two attached hydrogens (primary N) is 1. The topological polar surface area (TPSA) is 93.2 Å². The molecule has 0 aliphatic rings. The molecule has 1 amide bonds. The van der Waals surface area contributed by atoms with E-state index < -0.39 is 6.04 Å². The lowest BCUT2D eigenvalue weighted by molar-refractivity contribution is -0.118. The van der Waals surface area contributed by atoms with E-state index in [2.05, 4.69) is 10.3 Å². The standard InChI is InChI=1S/C9H16N4O2/c1-7(15)12-2-3-13-6-11-4-9(13)8(10)5-14/h4,6,8,14H,2-3,5,10H2,1H3,(H,12,15). The van der Waals surface area contributed by atoms with Gasteiger partial charge in [0, 0.05) is 26.2 Å². The summed E-state index contributed by atoms with van der Waals surface area (Å²) in [6, 6.07) is -0.426. The number of hydrogen-bond acceptors (Lipinski definition) is 4. The van der Waals surface area contributed by atoms with E-state index in [1.54, 1.807) is 12.5 Å². The third-order valence-electron chi connectivity index (χ3n) is 2.05. The molecule has 0 aromatic carbocycles. The monoisotopic (exact) mass is 212 g/mol. The highest BCUT2D eigenvalue weighted by atomic mass is 16.3. The van der Waals surface area contributed by atoms with Gasteiger partial charge in [-0.3, -0.25) is 4.79 Å². The van der Waals surface area contributed by atoms with Crippen molar-refractivity contribution in [3.63, 3.8) is 0 Å². The molecule has 0 bridgehead atoms. The minimum absolute atomic E-state index is 0.0666. The first kappa shape index (κ1) is 11.7. The van der Waals surface area contributed by atoms with Crippen molar-refractivity contribution in [2.45, 2.75) is 19.5 Å². The smallest absolute Gasteiger partial charge is 0.216 e. The highest BCUT2D eigenvalue weighted by Gasteiger charge is 2.09. The van der Waals surface area contributed by atoms with Crippen LogP contribution in [0.15, 0.2) is 12.5 Å². The summed E-state index contributed by atoms with van der Waals surface area (Å²) >= 11 is 0. The van der Waals surface area contributed by atoms with E-state index >= 15 is 0 Å². The van der Waals surface area contributed by atoms with Crippen LogP contribution in [0, 0.1) is 0 Å². The number of nitrogens with one attached hydrogen (secondary N) is 1. The molecular weight excluding hydrogens is 196 g/mol. The van der Waals surface area contributed by atoms with Gasteiger partial charge in [-0.1, -0.05) is 0 Å². The molecule has 1 atom stereocenters. The maximum absolute atomic E-state index is 10.6. The highest BCUT2D eigenvalue weighted by Crippen LogP contribution is 2.08. The first-order valence-electron chi connectivity index (χ1n) is 4.76. The maximum atomic E-state index is 10.6. The summed E-state index contributed by atoms with van der Waals surface area (Å²) < 4.78 is 1.82. The zero-order valence-corrected chi connectivity index (χ0v) is 8.68. The van der Waals surface area contributed by atoms with Crippen LogP contribution in [0.25, 0.3) is 0 Å². The van der Waals surface area contributed by atoms with Gasteiger partial charge in [0.1, 0.15) is 0 Å². The van der Waals surface area contributed by atoms with E-state index in [9.17, 15) is 4.79 Å². The third-order valence-corrected chi connectivity index (χ3v) is 2.05. The Bertz CT molecular complexity index is 324. The van der Waals surface area contributed by atoms with Crippen LogP contribution < -0.4 is 11.1 Å². The zero-order chi connectivity index (χ0) is 11.3. The molecule has 6 nitrogen and oxygen atoms in total. The lowest BCUT2D eigenvalue weighted by Crippen LogP contribution is -2.26. The summed E-state index contributed by atoms with van der Waals surface area (Å²) in [6.45, 7) is 2.47. The van der Waals surface area contributed by atoms with E-state index in [1.807, 2.05) is 4.57 Å². The van der Waals surface area contributed by atoms with E-state index in [0.717, 1.165) is 5.69 Å². The number of aliphatic hydroxyl groups excluding tert-OH is 1. The Kier molecular flexibility index (Phi) is 4.26. The molecule has 0 saturated heterocycles. The molecular formula is C9H16N4O2. The fourth-order valence-corrected chi connectivity index (χ4v) is 1.27. The minimum Gasteiger partial charge on any atom is -0.394 e. The predicted molar refractivity (Wildman–Crippen MR) is 54.9 cm³/mol. The van der Waals surface area contributed by atoms with Gasteiger partial charge in [0.2, 0.25) is 5.91 Å². The molecule has 6 heteroatoms. The number of carbonyl (C=O) groups is 1. The van der Waals surface area contributed by atoms with E-state index in [0.29, 0.717) is 13.1 Å². The van der Waals surface area contributed by atoms with Gasteiger partial charge in [0.15, 0.2) is 0 Å². The van der Waals surface area contributed by atoms with Crippen LogP contribution >= 0.6 is 0 Å². The number of rotatable bonds is 5. The Morgan fingerprint density at radius 1 is 1.80 bits per heavy atom. The van der Waals surface area contributed by atoms with Crippen LogP contribution in [-0.2, 0) is 11.3 Å². The van der Waals surface area contributed by atoms with Crippen LogP contribution in [0.5, 0.6) is 0 Å². The van der Waals surface area contributed by atoms with Crippen molar-refractivity contribution in [3.8, 4) is 0 Å². The fraction of sp³-hybridized carbons (Fsp3) is 0.556. The summed E-state index contributed by atoms with van der Waals surface area (Å²) in [4.78, 5) is 14.6. The number of aliphatic hydroxyl groups is 1. The first-order valence-corrected chi connectivity index (χ1v) is 4.76. The van der Waals surface area contributed by atoms with Crippen LogP contribution in [-0.4, -0.2) is 33.7 Å². The van der Waals surface area contributed by atoms with Crippen molar-refractivity contribution < 1.29 is 9.90 Å². The minimum atomic E-state index is -0.426. The number of imidazole rings is 1. The van der Waals surface area contributed by atoms with Crippen molar-refractivity contribution in [1.29, 1.82) is 0 Å². The predicted octanol–water partition coefficient (Wildman–Crippen LogP) is -0.989. The second-order valence-electron chi connectivity index (χ2n) is 3.28. The molecule has 1 unspecified atom stereocenters. The molecule has 0 fully saturated rings. The van der Waals surface area contributed by atoms with Crippen molar-refractivity contribution in [2.24, 2.45) is 5.73 Å². The molecule has 0 aliphatic carbocycles. The Hall–Kier alpha value is -1.40. The summed E-state index contributed by atoms with van der Waals surface area (Å²) in [6.07, 6.45) is 3.25. The van der Waals surface area contributed by atoms with Crippen molar-refractivity contribution in [2.75, 3.05) is 13.2 Å². The van der Waals surface area contributed by atoms with Crippen LogP contribution in [0.3, 0.4) is 0 Å². The molecule has 84 valence electrons. The Morgan fingerprint density at radius 2 is 2.53 bits per heavy atom. The Morgan fingerprint density at radius 3 is 3.13 bits per heavy atom. The molecule has 1 aromatic heterocycles. The van der Waals surface area contributed by atoms with Crippen molar-refractivity contribution >= 4 is 5.91 Å². The summed E-state index contributed by atoms with van der Waals surface area (Å²) in [5, 5.41) is 11.6. The quantitative estimate of drug-likeness (QED) is 0.584. The highest BCUT2D eigenvalue weighted by molar-refractivity contribution is 5.72. The summed E-state index contributed by atoms with van der Waals surface area (Å²) in [5.74, 6) is -0.0666. The normalized spacial score (nSPS) is 12.5. The van der Waals surface area contributed by atoms with Gasteiger partial charge in [-0.05, 0) is 0 Å². The van der Waals surface area contributed by atoms with E-state index in [-0.39, 0.29) is 12.5 Å². The van der Waals surface area contributed by atoms with Crippen LogP contribution in [0.1, 0.15) is 18.7 Å². The summed E-state index contributed by atoms with van der Waals surface area (Å²) in [7, 11) is 0. The summed E-state index contributed by atoms with van der Waals surface area (Å²) in [5.41, 5.74) is 6.44. The molecule has 0 aliphatic heterocycles. The lowest BCUT2D eigenvalue weighted by atomic mass is 10.2. The van der Waals surface area contributed by atoms with Gasteiger partial charge >= 0.3 is 0 Å². The molecule has 15 heavy (non-hydrogen) atoms. The van der Waals surface area contributed by atoms with E-state index in [4.69, 9.17) is 10.8 Å². The largest absolute Gasteiger partial charge is 0.394 e. The van der Waals surface area contributed by atoms with Gasteiger partial charge in [0.25, 0.3) is 0 Å². The van der Waals surface area contributed by atoms with Gasteiger partial charge in [-0.25, -0.2) is 4.98 Å². The second kappa shape index (κ2) is 5.47. The lowest BCUT2D eigenvalue weighted by Gasteiger charge is -2.12.